The molecule has 90 valence electrons. The molecule has 6 nitrogen and oxygen atoms in total. The first-order valence-corrected chi connectivity index (χ1v) is 5.03. The van der Waals surface area contributed by atoms with Crippen LogP contribution in [-0.4, -0.2) is 39.7 Å². The number of H-pyrrole nitrogens is 1. The number of likely N-dealkylation sites (N-methyl/N-ethyl adjacent to an activating group) is 1. The molecule has 0 aliphatic heterocycles. The van der Waals surface area contributed by atoms with Crippen LogP contribution in [0.25, 0.3) is 0 Å². The Morgan fingerprint density at radius 2 is 2.00 bits per heavy atom. The van der Waals surface area contributed by atoms with E-state index in [9.17, 15) is 14.7 Å². The molecule has 6 heteroatoms. The van der Waals surface area contributed by atoms with E-state index in [2.05, 4.69) is 4.98 Å². The summed E-state index contributed by atoms with van der Waals surface area (Å²) in [4.78, 5) is 26.8. The maximum Gasteiger partial charge on any atom is 0.331 e. The van der Waals surface area contributed by atoms with E-state index in [1.807, 2.05) is 25.9 Å². The maximum atomic E-state index is 11.5. The van der Waals surface area contributed by atoms with Crippen LogP contribution in [0.2, 0.25) is 0 Å². The molecule has 0 radical (unpaired) electrons. The normalized spacial score (nSPS) is 13.1. The monoisotopic (exact) mass is 227 g/mol. The molecule has 0 fully saturated rings. The van der Waals surface area contributed by atoms with Gasteiger partial charge >= 0.3 is 5.69 Å². The van der Waals surface area contributed by atoms with Crippen molar-refractivity contribution in [2.24, 2.45) is 0 Å². The van der Waals surface area contributed by atoms with Crippen molar-refractivity contribution in [3.63, 3.8) is 0 Å². The molecule has 1 unspecified atom stereocenters. The number of hydrogen-bond acceptors (Lipinski definition) is 4. The lowest BCUT2D eigenvalue weighted by Gasteiger charge is -2.21. The summed E-state index contributed by atoms with van der Waals surface area (Å²) in [6.07, 6.45) is 0. The van der Waals surface area contributed by atoms with Crippen molar-refractivity contribution >= 4 is 0 Å². The Morgan fingerprint density at radius 1 is 1.44 bits per heavy atom. The first-order valence-electron chi connectivity index (χ1n) is 5.03. The predicted octanol–water partition coefficient (Wildman–Crippen LogP) is -0.499. The highest BCUT2D eigenvalue weighted by Crippen LogP contribution is 2.09. The van der Waals surface area contributed by atoms with Gasteiger partial charge in [-0.1, -0.05) is 0 Å². The zero-order valence-electron chi connectivity index (χ0n) is 9.94. The quantitative estimate of drug-likeness (QED) is 0.729. The molecule has 0 aliphatic rings. The summed E-state index contributed by atoms with van der Waals surface area (Å²) in [7, 11) is 3.76. The average Bonchev–Trinajstić information content (AvgIpc) is 2.20. The fourth-order valence-corrected chi connectivity index (χ4v) is 1.26. The van der Waals surface area contributed by atoms with E-state index < -0.39 is 11.2 Å². The number of rotatable bonds is 3. The molecule has 1 heterocycles. The molecule has 0 amide bonds. The summed E-state index contributed by atoms with van der Waals surface area (Å²) in [5, 5.41) is 9.71. The van der Waals surface area contributed by atoms with Crippen LogP contribution in [0.1, 0.15) is 12.5 Å². The Morgan fingerprint density at radius 3 is 2.50 bits per heavy atom. The van der Waals surface area contributed by atoms with Gasteiger partial charge in [0.15, 0.2) is 0 Å². The van der Waals surface area contributed by atoms with Gasteiger partial charge in [0.05, 0.1) is 5.56 Å². The van der Waals surface area contributed by atoms with E-state index in [4.69, 9.17) is 0 Å². The molecule has 1 rings (SSSR count). The van der Waals surface area contributed by atoms with Gasteiger partial charge in [-0.3, -0.25) is 14.3 Å². The fraction of sp³-hybridized carbons (Fsp3) is 0.600. The predicted molar refractivity (Wildman–Crippen MR) is 60.9 cm³/mol. The lowest BCUT2D eigenvalue weighted by Crippen LogP contribution is -2.37. The van der Waals surface area contributed by atoms with Crippen molar-refractivity contribution in [1.82, 2.24) is 14.5 Å². The Kier molecular flexibility index (Phi) is 3.54. The number of aromatic hydroxyl groups is 1. The van der Waals surface area contributed by atoms with Gasteiger partial charge in [-0.05, 0) is 27.9 Å². The summed E-state index contributed by atoms with van der Waals surface area (Å²) in [6, 6.07) is 0.0777. The molecule has 0 aliphatic carbocycles. The first-order chi connectivity index (χ1) is 7.34. The van der Waals surface area contributed by atoms with Gasteiger partial charge in [0.1, 0.15) is 0 Å². The van der Waals surface area contributed by atoms with Crippen molar-refractivity contribution in [3.05, 3.63) is 26.4 Å². The molecule has 0 bridgehead atoms. The number of hydrogen-bond donors (Lipinski definition) is 2. The van der Waals surface area contributed by atoms with Gasteiger partial charge in [0, 0.05) is 12.6 Å². The summed E-state index contributed by atoms with van der Waals surface area (Å²) in [5.41, 5.74) is -0.969. The third-order valence-electron chi connectivity index (χ3n) is 2.73. The Bertz CT molecular complexity index is 487. The van der Waals surface area contributed by atoms with Crippen LogP contribution >= 0.6 is 0 Å². The second kappa shape index (κ2) is 4.52. The second-order valence-electron chi connectivity index (χ2n) is 4.13. The Balaban J connectivity index is 3.20. The highest BCUT2D eigenvalue weighted by atomic mass is 16.3. The topological polar surface area (TPSA) is 78.3 Å². The molecular weight excluding hydrogens is 210 g/mol. The third kappa shape index (κ3) is 2.33. The zero-order valence-corrected chi connectivity index (χ0v) is 9.94. The molecule has 0 aromatic carbocycles. The van der Waals surface area contributed by atoms with Crippen LogP contribution in [0.5, 0.6) is 5.88 Å². The molecule has 1 aromatic heterocycles. The minimum absolute atomic E-state index is 0.0777. The van der Waals surface area contributed by atoms with Gasteiger partial charge in [-0.25, -0.2) is 4.79 Å². The van der Waals surface area contributed by atoms with Crippen molar-refractivity contribution in [2.45, 2.75) is 26.4 Å². The minimum Gasteiger partial charge on any atom is -0.494 e. The van der Waals surface area contributed by atoms with Crippen molar-refractivity contribution in [3.8, 4) is 5.88 Å². The fourth-order valence-electron chi connectivity index (χ4n) is 1.26. The van der Waals surface area contributed by atoms with Crippen LogP contribution in [-0.2, 0) is 6.54 Å². The van der Waals surface area contributed by atoms with Crippen LogP contribution in [0.4, 0.5) is 0 Å². The largest absolute Gasteiger partial charge is 0.494 e. The Labute approximate surface area is 93.1 Å². The van der Waals surface area contributed by atoms with Crippen molar-refractivity contribution < 1.29 is 5.11 Å². The van der Waals surface area contributed by atoms with Gasteiger partial charge < -0.3 is 10.0 Å². The first kappa shape index (κ1) is 12.5. The summed E-state index contributed by atoms with van der Waals surface area (Å²) in [5.74, 6) is -0.262. The number of aromatic amines is 1. The lowest BCUT2D eigenvalue weighted by molar-refractivity contribution is 0.266. The van der Waals surface area contributed by atoms with E-state index in [0.717, 1.165) is 0 Å². The third-order valence-corrected chi connectivity index (χ3v) is 2.73. The smallest absolute Gasteiger partial charge is 0.331 e. The molecule has 1 atom stereocenters. The second-order valence-corrected chi connectivity index (χ2v) is 4.13. The van der Waals surface area contributed by atoms with Gasteiger partial charge in [-0.2, -0.15) is 0 Å². The van der Waals surface area contributed by atoms with Crippen LogP contribution in [0.3, 0.4) is 0 Å². The van der Waals surface area contributed by atoms with Gasteiger partial charge in [-0.15, -0.1) is 0 Å². The van der Waals surface area contributed by atoms with E-state index in [-0.39, 0.29) is 17.5 Å². The SMILES string of the molecule is Cc1c(O)n(CC(C)N(C)C)c(=O)[nH]c1=O. The average molecular weight is 227 g/mol. The summed E-state index contributed by atoms with van der Waals surface area (Å²) >= 11 is 0. The van der Waals surface area contributed by atoms with E-state index in [0.29, 0.717) is 6.54 Å². The lowest BCUT2D eigenvalue weighted by atomic mass is 10.3. The maximum absolute atomic E-state index is 11.5. The minimum atomic E-state index is -0.582. The van der Waals surface area contributed by atoms with Gasteiger partial charge in [0.2, 0.25) is 5.88 Å². The highest BCUT2D eigenvalue weighted by molar-refractivity contribution is 5.20. The number of nitrogens with one attached hydrogen (secondary N) is 1. The molecule has 2 N–H and O–H groups in total. The van der Waals surface area contributed by atoms with Gasteiger partial charge in [0.25, 0.3) is 5.56 Å². The molecule has 0 saturated heterocycles. The molecular formula is C10H17N3O3. The van der Waals surface area contributed by atoms with Crippen LogP contribution in [0.15, 0.2) is 9.59 Å². The van der Waals surface area contributed by atoms with Crippen molar-refractivity contribution in [2.75, 3.05) is 14.1 Å². The highest BCUT2D eigenvalue weighted by Gasteiger charge is 2.13. The van der Waals surface area contributed by atoms with Crippen molar-refractivity contribution in [1.29, 1.82) is 0 Å². The van der Waals surface area contributed by atoms with E-state index in [1.165, 1.54) is 11.5 Å². The summed E-state index contributed by atoms with van der Waals surface area (Å²) < 4.78 is 1.17. The van der Waals surface area contributed by atoms with E-state index in [1.54, 1.807) is 0 Å². The van der Waals surface area contributed by atoms with E-state index >= 15 is 0 Å². The molecule has 0 spiro atoms. The molecule has 1 aromatic rings. The number of nitrogens with zero attached hydrogens (tertiary/aromatic N) is 2. The number of aromatic nitrogens is 2. The molecule has 0 saturated carbocycles. The van der Waals surface area contributed by atoms with Crippen LogP contribution < -0.4 is 11.2 Å². The standard InChI is InChI=1S/C10H17N3O3/c1-6(12(3)4)5-13-9(15)7(2)8(14)11-10(13)16/h6,15H,5H2,1-4H3,(H,11,14,16). The Hall–Kier alpha value is -1.56. The van der Waals surface area contributed by atoms with Crippen LogP contribution in [0, 0.1) is 6.92 Å². The summed E-state index contributed by atoms with van der Waals surface area (Å²) in [6.45, 7) is 3.73. The zero-order chi connectivity index (χ0) is 12.5. The molecule has 16 heavy (non-hydrogen) atoms.